The Hall–Kier alpha value is 0.280. The minimum absolute atomic E-state index is 0.772. The van der Waals surface area contributed by atoms with Gasteiger partial charge in [0.15, 0.2) is 0 Å². The lowest BCUT2D eigenvalue weighted by Gasteiger charge is -2.22. The third-order valence-electron chi connectivity index (χ3n) is 3.35. The van der Waals surface area contributed by atoms with Crippen LogP contribution in [-0.2, 0) is 0 Å². The van der Waals surface area contributed by atoms with E-state index in [9.17, 15) is 0 Å². The maximum Gasteiger partial charge on any atom is 0.0434 e. The summed E-state index contributed by atoms with van der Waals surface area (Å²) in [4.78, 5) is 2.48. The first-order chi connectivity index (χ1) is 6.31. The van der Waals surface area contributed by atoms with Crippen LogP contribution in [0.15, 0.2) is 10.6 Å². The fourth-order valence-electron chi connectivity index (χ4n) is 2.76. The van der Waals surface area contributed by atoms with Gasteiger partial charge in [-0.15, -0.1) is 0 Å². The Kier molecular flexibility index (Phi) is 3.18. The molecule has 74 valence electrons. The van der Waals surface area contributed by atoms with E-state index in [-0.39, 0.29) is 0 Å². The standard InChI is InChI=1S/C10H15Cl2N/c11-6-9(12)7-13-5-4-8-2-1-3-10(8)13/h6,8,10H,1-5,7H2/b9-6+. The van der Waals surface area contributed by atoms with Crippen molar-refractivity contribution in [3.8, 4) is 0 Å². The molecular formula is C10H15Cl2N. The molecule has 1 nitrogen and oxygen atoms in total. The van der Waals surface area contributed by atoms with E-state index in [0.29, 0.717) is 0 Å². The Morgan fingerprint density at radius 3 is 3.00 bits per heavy atom. The van der Waals surface area contributed by atoms with Crippen LogP contribution < -0.4 is 0 Å². The molecule has 1 heterocycles. The average molecular weight is 220 g/mol. The van der Waals surface area contributed by atoms with Crippen LogP contribution in [0.5, 0.6) is 0 Å². The molecule has 2 aliphatic rings. The summed E-state index contributed by atoms with van der Waals surface area (Å²) in [6.45, 7) is 2.06. The molecule has 0 aromatic rings. The molecule has 0 aromatic carbocycles. The third-order valence-corrected chi connectivity index (χ3v) is 3.95. The first kappa shape index (κ1) is 9.82. The van der Waals surface area contributed by atoms with Gasteiger partial charge in [-0.3, -0.25) is 4.90 Å². The lowest BCUT2D eigenvalue weighted by atomic mass is 10.1. The minimum Gasteiger partial charge on any atom is -0.295 e. The van der Waals surface area contributed by atoms with E-state index in [1.807, 2.05) is 0 Å². The van der Waals surface area contributed by atoms with E-state index in [0.717, 1.165) is 23.5 Å². The second-order valence-corrected chi connectivity index (χ2v) is 4.78. The highest BCUT2D eigenvalue weighted by Crippen LogP contribution is 2.38. The molecule has 0 bridgehead atoms. The van der Waals surface area contributed by atoms with Crippen LogP contribution in [-0.4, -0.2) is 24.0 Å². The summed E-state index contributed by atoms with van der Waals surface area (Å²) < 4.78 is 0. The quantitative estimate of drug-likeness (QED) is 0.690. The van der Waals surface area contributed by atoms with E-state index in [1.54, 1.807) is 0 Å². The van der Waals surface area contributed by atoms with Gasteiger partial charge in [0, 0.05) is 23.2 Å². The Balaban J connectivity index is 1.93. The average Bonchev–Trinajstić information content (AvgIpc) is 2.69. The monoisotopic (exact) mass is 219 g/mol. The molecule has 2 rings (SSSR count). The predicted molar refractivity (Wildman–Crippen MR) is 57.1 cm³/mol. The van der Waals surface area contributed by atoms with Gasteiger partial charge in [0.2, 0.25) is 0 Å². The van der Waals surface area contributed by atoms with E-state index < -0.39 is 0 Å². The number of hydrogen-bond acceptors (Lipinski definition) is 1. The molecule has 1 aliphatic heterocycles. The van der Waals surface area contributed by atoms with Crippen molar-refractivity contribution < 1.29 is 0 Å². The Morgan fingerprint density at radius 1 is 1.38 bits per heavy atom. The van der Waals surface area contributed by atoms with Gasteiger partial charge in [0.25, 0.3) is 0 Å². The van der Waals surface area contributed by atoms with Crippen molar-refractivity contribution in [1.29, 1.82) is 0 Å². The van der Waals surface area contributed by atoms with Gasteiger partial charge in [-0.05, 0) is 31.7 Å². The number of nitrogens with zero attached hydrogens (tertiary/aromatic N) is 1. The van der Waals surface area contributed by atoms with Gasteiger partial charge in [-0.2, -0.15) is 0 Å². The van der Waals surface area contributed by atoms with Crippen molar-refractivity contribution in [2.24, 2.45) is 5.92 Å². The number of hydrogen-bond donors (Lipinski definition) is 0. The molecule has 13 heavy (non-hydrogen) atoms. The van der Waals surface area contributed by atoms with Crippen LogP contribution in [0.25, 0.3) is 0 Å². The van der Waals surface area contributed by atoms with E-state index >= 15 is 0 Å². The SMILES string of the molecule is Cl/C=C(/Cl)CN1CCC2CCCC21. The van der Waals surface area contributed by atoms with Gasteiger partial charge in [-0.25, -0.2) is 0 Å². The molecule has 1 aliphatic carbocycles. The number of halogens is 2. The second kappa shape index (κ2) is 4.20. The summed E-state index contributed by atoms with van der Waals surface area (Å²) in [7, 11) is 0. The van der Waals surface area contributed by atoms with Gasteiger partial charge in [-0.1, -0.05) is 29.6 Å². The van der Waals surface area contributed by atoms with Crippen LogP contribution in [0.1, 0.15) is 25.7 Å². The normalized spacial score (nSPS) is 35.4. The molecule has 0 spiro atoms. The molecule has 1 saturated heterocycles. The van der Waals surface area contributed by atoms with Crippen LogP contribution in [0.3, 0.4) is 0 Å². The lowest BCUT2D eigenvalue weighted by molar-refractivity contribution is 0.264. The fraction of sp³-hybridized carbons (Fsp3) is 0.800. The molecule has 3 heteroatoms. The Bertz CT molecular complexity index is 215. The molecule has 2 unspecified atom stereocenters. The summed E-state index contributed by atoms with van der Waals surface area (Å²) in [5.74, 6) is 0.944. The fourth-order valence-corrected chi connectivity index (χ4v) is 2.98. The number of fused-ring (bicyclic) bond motifs is 1. The molecule has 0 N–H and O–H groups in total. The topological polar surface area (TPSA) is 3.24 Å². The predicted octanol–water partition coefficient (Wildman–Crippen LogP) is 3.18. The van der Waals surface area contributed by atoms with Crippen molar-refractivity contribution in [1.82, 2.24) is 4.90 Å². The smallest absolute Gasteiger partial charge is 0.0434 e. The zero-order chi connectivity index (χ0) is 9.26. The van der Waals surface area contributed by atoms with Crippen LogP contribution in [0.4, 0.5) is 0 Å². The highest BCUT2D eigenvalue weighted by Gasteiger charge is 2.37. The van der Waals surface area contributed by atoms with E-state index in [2.05, 4.69) is 4.90 Å². The van der Waals surface area contributed by atoms with Crippen LogP contribution in [0, 0.1) is 5.92 Å². The van der Waals surface area contributed by atoms with Gasteiger partial charge < -0.3 is 0 Å². The molecule has 0 amide bonds. The zero-order valence-electron chi connectivity index (χ0n) is 7.68. The zero-order valence-corrected chi connectivity index (χ0v) is 9.19. The highest BCUT2D eigenvalue weighted by atomic mass is 35.5. The molecular weight excluding hydrogens is 205 g/mol. The summed E-state index contributed by atoms with van der Waals surface area (Å²) in [5, 5.41) is 0.772. The summed E-state index contributed by atoms with van der Waals surface area (Å²) in [5.41, 5.74) is 1.49. The van der Waals surface area contributed by atoms with Crippen LogP contribution in [0.2, 0.25) is 0 Å². The summed E-state index contributed by atoms with van der Waals surface area (Å²) in [6, 6.07) is 0.797. The Labute approximate surface area is 89.7 Å². The molecule has 0 aromatic heterocycles. The van der Waals surface area contributed by atoms with E-state index in [1.165, 1.54) is 37.8 Å². The lowest BCUT2D eigenvalue weighted by Crippen LogP contribution is -2.31. The first-order valence-electron chi connectivity index (χ1n) is 5.00. The minimum atomic E-state index is 0.772. The number of rotatable bonds is 2. The largest absolute Gasteiger partial charge is 0.295 e. The molecule has 2 atom stereocenters. The van der Waals surface area contributed by atoms with Gasteiger partial charge >= 0.3 is 0 Å². The maximum absolute atomic E-state index is 5.92. The first-order valence-corrected chi connectivity index (χ1v) is 5.81. The van der Waals surface area contributed by atoms with Crippen molar-refractivity contribution in [2.75, 3.05) is 13.1 Å². The Morgan fingerprint density at radius 2 is 2.23 bits per heavy atom. The van der Waals surface area contributed by atoms with Crippen molar-refractivity contribution in [3.05, 3.63) is 10.6 Å². The van der Waals surface area contributed by atoms with Crippen LogP contribution >= 0.6 is 23.2 Å². The van der Waals surface area contributed by atoms with Crippen molar-refractivity contribution >= 4 is 23.2 Å². The van der Waals surface area contributed by atoms with E-state index in [4.69, 9.17) is 23.2 Å². The highest BCUT2D eigenvalue weighted by molar-refractivity contribution is 6.36. The maximum atomic E-state index is 5.92. The van der Waals surface area contributed by atoms with Crippen molar-refractivity contribution in [2.45, 2.75) is 31.7 Å². The van der Waals surface area contributed by atoms with Crippen molar-refractivity contribution in [3.63, 3.8) is 0 Å². The number of likely N-dealkylation sites (tertiary alicyclic amines) is 1. The van der Waals surface area contributed by atoms with Gasteiger partial charge in [0.1, 0.15) is 0 Å². The molecule has 0 radical (unpaired) electrons. The second-order valence-electron chi connectivity index (χ2n) is 4.07. The summed E-state index contributed by atoms with van der Waals surface area (Å²) in [6.07, 6.45) is 5.53. The van der Waals surface area contributed by atoms with Gasteiger partial charge in [0.05, 0.1) is 0 Å². The third kappa shape index (κ3) is 2.03. The summed E-state index contributed by atoms with van der Waals surface area (Å²) >= 11 is 11.5. The molecule has 1 saturated carbocycles. The molecule has 2 fully saturated rings.